The average Bonchev–Trinajstić information content (AvgIpc) is 2.44. The smallest absolute Gasteiger partial charge is 0.133 e. The van der Waals surface area contributed by atoms with Crippen LogP contribution in [0.15, 0.2) is 18.3 Å². The predicted octanol–water partition coefficient (Wildman–Crippen LogP) is 2.69. The van der Waals surface area contributed by atoms with Gasteiger partial charge in [0.2, 0.25) is 0 Å². The molecule has 0 unspecified atom stereocenters. The molecule has 0 atom stereocenters. The Morgan fingerprint density at radius 2 is 2.20 bits per heavy atom. The summed E-state index contributed by atoms with van der Waals surface area (Å²) >= 11 is 0. The van der Waals surface area contributed by atoms with Gasteiger partial charge in [-0.2, -0.15) is 0 Å². The molecule has 1 N–H and O–H groups in total. The summed E-state index contributed by atoms with van der Waals surface area (Å²) in [6.07, 6.45) is 3.02. The maximum absolute atomic E-state index is 5.23. The van der Waals surface area contributed by atoms with Crippen molar-refractivity contribution in [1.29, 1.82) is 0 Å². The maximum Gasteiger partial charge on any atom is 0.133 e. The van der Waals surface area contributed by atoms with E-state index >= 15 is 0 Å². The molecule has 4 heteroatoms. The van der Waals surface area contributed by atoms with Crippen LogP contribution in [0.2, 0.25) is 0 Å². The standard InChI is InChI=1S/C16H29N3O/c1-5-8-17-12-15-7-6-9-18-16(15)19(10-11-20-4)13-14(2)3/h6-7,9,14,17H,5,8,10-13H2,1-4H3. The van der Waals surface area contributed by atoms with Crippen LogP contribution in [-0.4, -0.2) is 38.3 Å². The lowest BCUT2D eigenvalue weighted by Gasteiger charge is -2.27. The predicted molar refractivity (Wildman–Crippen MR) is 85.2 cm³/mol. The van der Waals surface area contributed by atoms with E-state index in [4.69, 9.17) is 4.74 Å². The van der Waals surface area contributed by atoms with Crippen molar-refractivity contribution in [3.63, 3.8) is 0 Å². The fraction of sp³-hybridized carbons (Fsp3) is 0.688. The number of aromatic nitrogens is 1. The van der Waals surface area contributed by atoms with E-state index in [9.17, 15) is 0 Å². The molecule has 0 aliphatic heterocycles. The molecule has 0 fully saturated rings. The lowest BCUT2D eigenvalue weighted by molar-refractivity contribution is 0.204. The van der Waals surface area contributed by atoms with Crippen molar-refractivity contribution < 1.29 is 4.74 Å². The molecule has 0 saturated carbocycles. The molecule has 114 valence electrons. The summed E-state index contributed by atoms with van der Waals surface area (Å²) in [6, 6.07) is 4.17. The second-order valence-corrected chi connectivity index (χ2v) is 5.50. The van der Waals surface area contributed by atoms with E-state index in [2.05, 4.69) is 42.0 Å². The number of ether oxygens (including phenoxy) is 1. The van der Waals surface area contributed by atoms with Crippen molar-refractivity contribution >= 4 is 5.82 Å². The van der Waals surface area contributed by atoms with Gasteiger partial charge in [-0.15, -0.1) is 0 Å². The van der Waals surface area contributed by atoms with Gasteiger partial charge in [0.05, 0.1) is 6.61 Å². The van der Waals surface area contributed by atoms with Crippen LogP contribution in [0.3, 0.4) is 0 Å². The Kier molecular flexibility index (Phi) is 8.23. The van der Waals surface area contributed by atoms with Crippen LogP contribution in [0.5, 0.6) is 0 Å². The van der Waals surface area contributed by atoms with E-state index in [1.165, 1.54) is 5.56 Å². The van der Waals surface area contributed by atoms with Crippen LogP contribution in [0.25, 0.3) is 0 Å². The molecule has 1 aromatic heterocycles. The van der Waals surface area contributed by atoms with Crippen molar-refractivity contribution in [2.75, 3.05) is 38.3 Å². The van der Waals surface area contributed by atoms with Crippen molar-refractivity contribution in [1.82, 2.24) is 10.3 Å². The largest absolute Gasteiger partial charge is 0.383 e. The monoisotopic (exact) mass is 279 g/mol. The fourth-order valence-corrected chi connectivity index (χ4v) is 2.18. The lowest BCUT2D eigenvalue weighted by Crippen LogP contribution is -2.33. The maximum atomic E-state index is 5.23. The number of rotatable bonds is 10. The molecule has 1 heterocycles. The van der Waals surface area contributed by atoms with Crippen molar-refractivity contribution in [2.45, 2.75) is 33.7 Å². The molecule has 0 aliphatic rings. The van der Waals surface area contributed by atoms with Gasteiger partial charge in [-0.3, -0.25) is 0 Å². The van der Waals surface area contributed by atoms with Crippen molar-refractivity contribution in [2.24, 2.45) is 5.92 Å². The number of nitrogens with one attached hydrogen (secondary N) is 1. The first-order valence-corrected chi connectivity index (χ1v) is 7.57. The molecule has 0 saturated heterocycles. The molecule has 1 aromatic rings. The van der Waals surface area contributed by atoms with Crippen LogP contribution in [0.1, 0.15) is 32.8 Å². The van der Waals surface area contributed by atoms with Crippen LogP contribution in [-0.2, 0) is 11.3 Å². The second kappa shape index (κ2) is 9.72. The third-order valence-electron chi connectivity index (χ3n) is 3.06. The molecule has 20 heavy (non-hydrogen) atoms. The summed E-state index contributed by atoms with van der Waals surface area (Å²) in [6.45, 7) is 11.2. The first kappa shape index (κ1) is 16.9. The third kappa shape index (κ3) is 5.88. The third-order valence-corrected chi connectivity index (χ3v) is 3.06. The minimum absolute atomic E-state index is 0.602. The van der Waals surface area contributed by atoms with Crippen LogP contribution < -0.4 is 10.2 Å². The Balaban J connectivity index is 2.81. The highest BCUT2D eigenvalue weighted by Gasteiger charge is 2.13. The molecule has 0 spiro atoms. The Morgan fingerprint density at radius 3 is 2.85 bits per heavy atom. The second-order valence-electron chi connectivity index (χ2n) is 5.50. The van der Waals surface area contributed by atoms with E-state index in [0.717, 1.165) is 45.0 Å². The molecular weight excluding hydrogens is 250 g/mol. The lowest BCUT2D eigenvalue weighted by atomic mass is 10.1. The number of nitrogens with zero attached hydrogens (tertiary/aromatic N) is 2. The summed E-state index contributed by atoms with van der Waals surface area (Å²) in [5.41, 5.74) is 1.26. The minimum atomic E-state index is 0.602. The van der Waals surface area contributed by atoms with E-state index in [0.29, 0.717) is 5.92 Å². The normalized spacial score (nSPS) is 11.1. The van der Waals surface area contributed by atoms with Gasteiger partial charge in [0.1, 0.15) is 5.82 Å². The Labute approximate surface area is 123 Å². The first-order valence-electron chi connectivity index (χ1n) is 7.57. The zero-order chi connectivity index (χ0) is 14.8. The number of methoxy groups -OCH3 is 1. The van der Waals surface area contributed by atoms with E-state index < -0.39 is 0 Å². The first-order chi connectivity index (χ1) is 9.69. The number of pyridine rings is 1. The van der Waals surface area contributed by atoms with Crippen molar-refractivity contribution in [3.8, 4) is 0 Å². The molecular formula is C16H29N3O. The molecule has 0 bridgehead atoms. The summed E-state index contributed by atoms with van der Waals surface area (Å²) in [7, 11) is 1.75. The molecule has 0 amide bonds. The van der Waals surface area contributed by atoms with Crippen molar-refractivity contribution in [3.05, 3.63) is 23.9 Å². The number of anilines is 1. The number of hydrogen-bond donors (Lipinski definition) is 1. The van der Waals surface area contributed by atoms with E-state index in [1.807, 2.05) is 12.3 Å². The van der Waals surface area contributed by atoms with Gasteiger partial charge in [-0.25, -0.2) is 4.98 Å². The van der Waals surface area contributed by atoms with Gasteiger partial charge in [0.25, 0.3) is 0 Å². The van der Waals surface area contributed by atoms with Gasteiger partial charge in [-0.1, -0.05) is 26.8 Å². The highest BCUT2D eigenvalue weighted by atomic mass is 16.5. The van der Waals surface area contributed by atoms with Crippen LogP contribution >= 0.6 is 0 Å². The van der Waals surface area contributed by atoms with Gasteiger partial charge >= 0.3 is 0 Å². The Morgan fingerprint density at radius 1 is 1.40 bits per heavy atom. The van der Waals surface area contributed by atoms with Gasteiger partial charge in [0.15, 0.2) is 0 Å². The zero-order valence-corrected chi connectivity index (χ0v) is 13.4. The van der Waals surface area contributed by atoms with Gasteiger partial charge in [0, 0.05) is 38.5 Å². The molecule has 1 rings (SSSR count). The quantitative estimate of drug-likeness (QED) is 0.668. The fourth-order valence-electron chi connectivity index (χ4n) is 2.18. The summed E-state index contributed by atoms with van der Waals surface area (Å²) in [4.78, 5) is 6.92. The molecule has 0 aliphatic carbocycles. The minimum Gasteiger partial charge on any atom is -0.383 e. The highest BCUT2D eigenvalue weighted by Crippen LogP contribution is 2.18. The molecule has 4 nitrogen and oxygen atoms in total. The van der Waals surface area contributed by atoms with Crippen LogP contribution in [0, 0.1) is 5.92 Å². The summed E-state index contributed by atoms with van der Waals surface area (Å²) < 4.78 is 5.23. The van der Waals surface area contributed by atoms with E-state index in [-0.39, 0.29) is 0 Å². The SMILES string of the molecule is CCCNCc1cccnc1N(CCOC)CC(C)C. The van der Waals surface area contributed by atoms with E-state index in [1.54, 1.807) is 7.11 Å². The summed E-state index contributed by atoms with van der Waals surface area (Å²) in [5, 5.41) is 3.46. The Hall–Kier alpha value is -1.13. The molecule has 0 radical (unpaired) electrons. The topological polar surface area (TPSA) is 37.4 Å². The Bertz CT molecular complexity index is 368. The number of hydrogen-bond acceptors (Lipinski definition) is 4. The van der Waals surface area contributed by atoms with Gasteiger partial charge < -0.3 is 15.0 Å². The van der Waals surface area contributed by atoms with Crippen LogP contribution in [0.4, 0.5) is 5.82 Å². The average molecular weight is 279 g/mol. The highest BCUT2D eigenvalue weighted by molar-refractivity contribution is 5.46. The summed E-state index contributed by atoms with van der Waals surface area (Å²) in [5.74, 6) is 1.69. The molecule has 0 aromatic carbocycles. The van der Waals surface area contributed by atoms with Gasteiger partial charge in [-0.05, 0) is 24.9 Å². The zero-order valence-electron chi connectivity index (χ0n) is 13.4.